The number of benzene rings is 1. The van der Waals surface area contributed by atoms with Gasteiger partial charge in [-0.15, -0.1) is 0 Å². The Morgan fingerprint density at radius 3 is 2.57 bits per heavy atom. The van der Waals surface area contributed by atoms with Gasteiger partial charge in [-0.05, 0) is 24.3 Å². The summed E-state index contributed by atoms with van der Waals surface area (Å²) in [6, 6.07) is 11.4. The van der Waals surface area contributed by atoms with Crippen molar-refractivity contribution in [3.05, 3.63) is 48.8 Å². The van der Waals surface area contributed by atoms with Gasteiger partial charge in [-0.25, -0.2) is 0 Å². The monoisotopic (exact) mass is 383 g/mol. The van der Waals surface area contributed by atoms with Gasteiger partial charge in [0.15, 0.2) is 0 Å². The highest BCUT2D eigenvalue weighted by Crippen LogP contribution is 2.28. The molecule has 0 unspecified atom stereocenters. The SMILES string of the molecule is COc1ccccc1N1CCN(CCNC(=O)C(=O)Nc2cccnc2)CC1. The number of carbonyl (C=O) groups excluding carboxylic acids is 2. The Kier molecular flexibility index (Phi) is 6.80. The number of para-hydroxylation sites is 2. The van der Waals surface area contributed by atoms with Crippen LogP contribution < -0.4 is 20.3 Å². The molecule has 1 aliphatic heterocycles. The van der Waals surface area contributed by atoms with Crippen LogP contribution in [0.3, 0.4) is 0 Å². The van der Waals surface area contributed by atoms with E-state index in [9.17, 15) is 9.59 Å². The van der Waals surface area contributed by atoms with Crippen molar-refractivity contribution in [2.45, 2.75) is 0 Å². The Bertz CT molecular complexity index is 791. The van der Waals surface area contributed by atoms with Gasteiger partial charge in [-0.2, -0.15) is 0 Å². The van der Waals surface area contributed by atoms with E-state index in [0.29, 0.717) is 18.8 Å². The molecule has 8 heteroatoms. The van der Waals surface area contributed by atoms with Gasteiger partial charge in [0.25, 0.3) is 0 Å². The molecule has 0 radical (unpaired) electrons. The van der Waals surface area contributed by atoms with Gasteiger partial charge in [-0.1, -0.05) is 12.1 Å². The van der Waals surface area contributed by atoms with E-state index >= 15 is 0 Å². The number of ether oxygens (including phenoxy) is 1. The maximum Gasteiger partial charge on any atom is 0.313 e. The molecule has 1 aromatic heterocycles. The number of hydrogen-bond donors (Lipinski definition) is 2. The Balaban J connectivity index is 1.38. The lowest BCUT2D eigenvalue weighted by Gasteiger charge is -2.36. The lowest BCUT2D eigenvalue weighted by molar-refractivity contribution is -0.136. The third-order valence-corrected chi connectivity index (χ3v) is 4.64. The van der Waals surface area contributed by atoms with E-state index in [2.05, 4.69) is 31.5 Å². The van der Waals surface area contributed by atoms with Crippen molar-refractivity contribution in [2.24, 2.45) is 0 Å². The van der Waals surface area contributed by atoms with Gasteiger partial charge < -0.3 is 20.3 Å². The number of aromatic nitrogens is 1. The van der Waals surface area contributed by atoms with Gasteiger partial charge in [0.05, 0.1) is 24.7 Å². The fraction of sp³-hybridized carbons (Fsp3) is 0.350. The topological polar surface area (TPSA) is 86.8 Å². The fourth-order valence-electron chi connectivity index (χ4n) is 3.14. The molecule has 2 N–H and O–H groups in total. The smallest absolute Gasteiger partial charge is 0.313 e. The van der Waals surface area contributed by atoms with E-state index in [1.807, 2.05) is 18.2 Å². The number of pyridine rings is 1. The Hall–Kier alpha value is -3.13. The van der Waals surface area contributed by atoms with Crippen LogP contribution in [0.4, 0.5) is 11.4 Å². The molecule has 2 heterocycles. The number of amides is 2. The zero-order valence-corrected chi connectivity index (χ0v) is 15.9. The second-order valence-electron chi connectivity index (χ2n) is 6.45. The number of nitrogens with one attached hydrogen (secondary N) is 2. The third-order valence-electron chi connectivity index (χ3n) is 4.64. The molecule has 1 saturated heterocycles. The van der Waals surface area contributed by atoms with Gasteiger partial charge in [0.1, 0.15) is 5.75 Å². The summed E-state index contributed by atoms with van der Waals surface area (Å²) in [6.45, 7) is 4.66. The zero-order valence-electron chi connectivity index (χ0n) is 15.9. The molecule has 0 atom stereocenters. The highest BCUT2D eigenvalue weighted by molar-refractivity contribution is 6.39. The van der Waals surface area contributed by atoms with E-state index in [-0.39, 0.29) is 0 Å². The first-order chi connectivity index (χ1) is 13.7. The number of hydrogen-bond acceptors (Lipinski definition) is 6. The second kappa shape index (κ2) is 9.70. The average Bonchev–Trinajstić information content (AvgIpc) is 2.75. The summed E-state index contributed by atoms with van der Waals surface area (Å²) in [5.74, 6) is -0.451. The predicted octanol–water partition coefficient (Wildman–Crippen LogP) is 0.967. The van der Waals surface area contributed by atoms with Crippen LogP contribution in [-0.4, -0.2) is 68.1 Å². The normalized spacial score (nSPS) is 14.4. The van der Waals surface area contributed by atoms with E-state index in [1.54, 1.807) is 25.4 Å². The summed E-state index contributed by atoms with van der Waals surface area (Å²) >= 11 is 0. The van der Waals surface area contributed by atoms with E-state index < -0.39 is 11.8 Å². The molecule has 0 bridgehead atoms. The Morgan fingerprint density at radius 2 is 1.86 bits per heavy atom. The first-order valence-electron chi connectivity index (χ1n) is 9.27. The third kappa shape index (κ3) is 5.20. The van der Waals surface area contributed by atoms with Crippen molar-refractivity contribution < 1.29 is 14.3 Å². The fourth-order valence-corrected chi connectivity index (χ4v) is 3.14. The minimum Gasteiger partial charge on any atom is -0.495 e. The van der Waals surface area contributed by atoms with Crippen LogP contribution in [0.2, 0.25) is 0 Å². The molecular formula is C20H25N5O3. The quantitative estimate of drug-likeness (QED) is 0.723. The van der Waals surface area contributed by atoms with Crippen molar-refractivity contribution in [2.75, 3.05) is 56.6 Å². The summed E-state index contributed by atoms with van der Waals surface area (Å²) in [5.41, 5.74) is 1.60. The van der Waals surface area contributed by atoms with Crippen LogP contribution in [0.5, 0.6) is 5.75 Å². The minimum atomic E-state index is -0.686. The zero-order chi connectivity index (χ0) is 19.8. The number of anilines is 2. The lowest BCUT2D eigenvalue weighted by Crippen LogP contribution is -2.49. The molecule has 8 nitrogen and oxygen atoms in total. The summed E-state index contributed by atoms with van der Waals surface area (Å²) in [4.78, 5) is 32.2. The standard InChI is InChI=1S/C20H25N5O3/c1-28-18-7-3-2-6-17(18)25-13-11-24(12-14-25)10-9-22-19(26)20(27)23-16-5-4-8-21-15-16/h2-8,15H,9-14H2,1H3,(H,22,26)(H,23,27). The van der Waals surface area contributed by atoms with Crippen LogP contribution in [0.15, 0.2) is 48.8 Å². The van der Waals surface area contributed by atoms with Gasteiger partial charge in [0.2, 0.25) is 0 Å². The summed E-state index contributed by atoms with van der Waals surface area (Å²) in [7, 11) is 1.68. The molecule has 2 aromatic rings. The van der Waals surface area contributed by atoms with Crippen molar-refractivity contribution in [3.63, 3.8) is 0 Å². The molecule has 1 aliphatic rings. The summed E-state index contributed by atoms with van der Waals surface area (Å²) in [5, 5.41) is 5.18. The van der Waals surface area contributed by atoms with Crippen LogP contribution >= 0.6 is 0 Å². The largest absolute Gasteiger partial charge is 0.495 e. The molecule has 1 fully saturated rings. The number of carbonyl (C=O) groups is 2. The summed E-state index contributed by atoms with van der Waals surface area (Å²) < 4.78 is 5.44. The lowest BCUT2D eigenvalue weighted by atomic mass is 10.2. The first-order valence-corrected chi connectivity index (χ1v) is 9.27. The van der Waals surface area contributed by atoms with Gasteiger partial charge in [0, 0.05) is 45.5 Å². The first kappa shape index (κ1) is 19.6. The number of nitrogens with zero attached hydrogens (tertiary/aromatic N) is 3. The van der Waals surface area contributed by atoms with E-state index in [1.165, 1.54) is 6.20 Å². The number of methoxy groups -OCH3 is 1. The molecule has 0 aliphatic carbocycles. The van der Waals surface area contributed by atoms with Crippen LogP contribution in [-0.2, 0) is 9.59 Å². The molecule has 148 valence electrons. The molecule has 28 heavy (non-hydrogen) atoms. The van der Waals surface area contributed by atoms with Crippen molar-refractivity contribution >= 4 is 23.2 Å². The molecule has 1 aromatic carbocycles. The highest BCUT2D eigenvalue weighted by Gasteiger charge is 2.20. The van der Waals surface area contributed by atoms with Crippen LogP contribution in [0.1, 0.15) is 0 Å². The highest BCUT2D eigenvalue weighted by atomic mass is 16.5. The number of rotatable bonds is 6. The predicted molar refractivity (Wildman–Crippen MR) is 108 cm³/mol. The van der Waals surface area contributed by atoms with Crippen molar-refractivity contribution in [1.29, 1.82) is 0 Å². The van der Waals surface area contributed by atoms with Gasteiger partial charge in [-0.3, -0.25) is 19.5 Å². The second-order valence-corrected chi connectivity index (χ2v) is 6.45. The average molecular weight is 383 g/mol. The molecule has 0 spiro atoms. The Labute approximate surface area is 164 Å². The maximum atomic E-state index is 11.9. The van der Waals surface area contributed by atoms with Crippen LogP contribution in [0.25, 0.3) is 0 Å². The molecule has 3 rings (SSSR count). The van der Waals surface area contributed by atoms with Crippen molar-refractivity contribution in [3.8, 4) is 5.75 Å². The Morgan fingerprint density at radius 1 is 1.07 bits per heavy atom. The van der Waals surface area contributed by atoms with E-state index in [4.69, 9.17) is 4.74 Å². The van der Waals surface area contributed by atoms with E-state index in [0.717, 1.165) is 37.6 Å². The molecule has 0 saturated carbocycles. The van der Waals surface area contributed by atoms with Gasteiger partial charge >= 0.3 is 11.8 Å². The summed E-state index contributed by atoms with van der Waals surface area (Å²) in [6.07, 6.45) is 3.09. The molecular weight excluding hydrogens is 358 g/mol. The van der Waals surface area contributed by atoms with Crippen LogP contribution in [0, 0.1) is 0 Å². The minimum absolute atomic E-state index is 0.425. The van der Waals surface area contributed by atoms with Crippen molar-refractivity contribution in [1.82, 2.24) is 15.2 Å². The maximum absolute atomic E-state index is 11.9. The number of piperazine rings is 1. The molecule has 2 amide bonds.